The highest BCUT2D eigenvalue weighted by Gasteiger charge is 2.37. The lowest BCUT2D eigenvalue weighted by Crippen LogP contribution is -2.38. The summed E-state index contributed by atoms with van der Waals surface area (Å²) in [6.45, 7) is 4.84. The van der Waals surface area contributed by atoms with Crippen LogP contribution in [0.5, 0.6) is 0 Å². The van der Waals surface area contributed by atoms with Gasteiger partial charge < -0.3 is 25.6 Å². The molecule has 0 spiro atoms. The van der Waals surface area contributed by atoms with Gasteiger partial charge >= 0.3 is 5.97 Å². The van der Waals surface area contributed by atoms with Crippen LogP contribution in [0.3, 0.4) is 0 Å². The van der Waals surface area contributed by atoms with Crippen molar-refractivity contribution in [2.75, 3.05) is 41.0 Å². The summed E-state index contributed by atoms with van der Waals surface area (Å²) in [5.41, 5.74) is 13.4. The number of nitrogens with zero attached hydrogens (tertiary/aromatic N) is 6. The summed E-state index contributed by atoms with van der Waals surface area (Å²) < 4.78 is 10.3. The molecule has 1 amide bonds. The van der Waals surface area contributed by atoms with Gasteiger partial charge in [-0.25, -0.2) is 14.9 Å². The highest BCUT2D eigenvalue weighted by Crippen LogP contribution is 2.44. The molecule has 1 saturated heterocycles. The Labute approximate surface area is 200 Å². The fourth-order valence-corrected chi connectivity index (χ4v) is 4.82. The van der Waals surface area contributed by atoms with Gasteiger partial charge in [0.2, 0.25) is 5.91 Å². The molecule has 2 aliphatic rings. The van der Waals surface area contributed by atoms with Gasteiger partial charge in [-0.3, -0.25) is 9.59 Å². The number of nitrogens with two attached hydrogens (primary N) is 2. The Morgan fingerprint density at radius 2 is 1.91 bits per heavy atom. The first-order chi connectivity index (χ1) is 16.8. The number of esters is 1. The Morgan fingerprint density at radius 3 is 2.51 bits per heavy atom. The van der Waals surface area contributed by atoms with E-state index in [1.807, 2.05) is 4.90 Å². The number of piperidine rings is 1. The van der Waals surface area contributed by atoms with E-state index in [1.54, 1.807) is 19.9 Å². The van der Waals surface area contributed by atoms with E-state index in [0.717, 1.165) is 0 Å². The van der Waals surface area contributed by atoms with Gasteiger partial charge in [-0.05, 0) is 26.7 Å². The Kier molecular flexibility index (Phi) is 5.39. The van der Waals surface area contributed by atoms with Crippen molar-refractivity contribution < 1.29 is 18.8 Å². The van der Waals surface area contributed by atoms with Gasteiger partial charge in [0.25, 0.3) is 0 Å². The summed E-state index contributed by atoms with van der Waals surface area (Å²) in [4.78, 5) is 37.3. The normalized spacial score (nSPS) is 16.0. The van der Waals surface area contributed by atoms with Gasteiger partial charge in [-0.15, -0.1) is 0 Å². The summed E-state index contributed by atoms with van der Waals surface area (Å²) in [6.07, 6.45) is 1.13. The first-order valence-corrected chi connectivity index (χ1v) is 11.3. The van der Waals surface area contributed by atoms with Gasteiger partial charge in [0.15, 0.2) is 5.82 Å². The number of rotatable bonds is 4. The molecule has 12 heteroatoms. The third kappa shape index (κ3) is 3.56. The highest BCUT2D eigenvalue weighted by molar-refractivity contribution is 6.15. The standard InChI is InChI=1S/C23H24N8O4/c1-3-34-23(33)12-4-6-30(7-5-12)21-14(10-24)17-13-9-16(32)31(15-8-11(2)35-29-15)22(13)28-20(26)18(17)19(25)27-21/h8,12H,3-7,9H2,1-2H3,(H2,25,27)(H2,26,28). The Hall–Kier alpha value is -4.40. The summed E-state index contributed by atoms with van der Waals surface area (Å²) in [5, 5.41) is 15.0. The molecule has 0 saturated carbocycles. The number of pyridine rings is 2. The van der Waals surface area contributed by atoms with E-state index in [-0.39, 0.29) is 41.4 Å². The van der Waals surface area contributed by atoms with Gasteiger partial charge in [0.1, 0.15) is 40.7 Å². The number of nitrogen functional groups attached to an aromatic ring is 2. The zero-order chi connectivity index (χ0) is 24.9. The van der Waals surface area contributed by atoms with E-state index in [2.05, 4.69) is 21.2 Å². The van der Waals surface area contributed by atoms with Gasteiger partial charge in [0.05, 0.1) is 24.3 Å². The maximum absolute atomic E-state index is 13.0. The molecular weight excluding hydrogens is 452 g/mol. The van der Waals surface area contributed by atoms with E-state index in [1.165, 1.54) is 4.90 Å². The van der Waals surface area contributed by atoms with Crippen LogP contribution < -0.4 is 21.3 Å². The number of anilines is 5. The van der Waals surface area contributed by atoms with Crippen molar-refractivity contribution in [2.45, 2.75) is 33.1 Å². The fraction of sp³-hybridized carbons (Fsp3) is 0.391. The van der Waals surface area contributed by atoms with Crippen LogP contribution in [0.15, 0.2) is 10.6 Å². The van der Waals surface area contributed by atoms with Crippen LogP contribution in [0.1, 0.15) is 36.7 Å². The van der Waals surface area contributed by atoms with Crippen LogP contribution in [0.25, 0.3) is 10.8 Å². The number of ether oxygens (including phenoxy) is 1. The molecule has 0 unspecified atom stereocenters. The molecule has 0 radical (unpaired) electrons. The Bertz CT molecular complexity index is 1400. The lowest BCUT2D eigenvalue weighted by Gasteiger charge is -2.32. The molecule has 0 aromatic carbocycles. The van der Waals surface area contributed by atoms with E-state index in [4.69, 9.17) is 20.7 Å². The Morgan fingerprint density at radius 1 is 1.23 bits per heavy atom. The number of hydrogen-bond donors (Lipinski definition) is 2. The smallest absolute Gasteiger partial charge is 0.309 e. The number of aryl methyl sites for hydroxylation is 1. The lowest BCUT2D eigenvalue weighted by molar-refractivity contribution is -0.148. The van der Waals surface area contributed by atoms with E-state index in [0.29, 0.717) is 72.1 Å². The highest BCUT2D eigenvalue weighted by atomic mass is 16.5. The molecular formula is C23H24N8O4. The van der Waals surface area contributed by atoms with Gasteiger partial charge in [-0.2, -0.15) is 5.26 Å². The van der Waals surface area contributed by atoms with Crippen molar-refractivity contribution in [2.24, 2.45) is 5.92 Å². The molecule has 5 heterocycles. The zero-order valence-electron chi connectivity index (χ0n) is 19.4. The predicted octanol–water partition coefficient (Wildman–Crippen LogP) is 1.96. The summed E-state index contributed by atoms with van der Waals surface area (Å²) in [6, 6.07) is 3.87. The van der Waals surface area contributed by atoms with Crippen molar-refractivity contribution >= 4 is 51.7 Å². The van der Waals surface area contributed by atoms with Crippen LogP contribution in [0.2, 0.25) is 0 Å². The average molecular weight is 476 g/mol. The zero-order valence-corrected chi connectivity index (χ0v) is 19.4. The molecule has 3 aromatic heterocycles. The minimum Gasteiger partial charge on any atom is -0.466 e. The molecule has 12 nitrogen and oxygen atoms in total. The lowest BCUT2D eigenvalue weighted by atomic mass is 9.95. The summed E-state index contributed by atoms with van der Waals surface area (Å²) >= 11 is 0. The number of fused-ring (bicyclic) bond motifs is 3. The van der Waals surface area contributed by atoms with Crippen molar-refractivity contribution in [1.82, 2.24) is 15.1 Å². The molecule has 4 N–H and O–H groups in total. The van der Waals surface area contributed by atoms with Gasteiger partial charge in [0, 0.05) is 30.1 Å². The number of nitriles is 1. The maximum Gasteiger partial charge on any atom is 0.309 e. The van der Waals surface area contributed by atoms with E-state index in [9.17, 15) is 14.9 Å². The monoisotopic (exact) mass is 476 g/mol. The third-order valence-electron chi connectivity index (χ3n) is 6.42. The maximum atomic E-state index is 13.0. The van der Waals surface area contributed by atoms with Crippen molar-refractivity contribution in [3.63, 3.8) is 0 Å². The minimum atomic E-state index is -0.274. The number of carbonyl (C=O) groups excluding carboxylic acids is 2. The van der Waals surface area contributed by atoms with Crippen LogP contribution >= 0.6 is 0 Å². The molecule has 2 aliphatic heterocycles. The fourth-order valence-electron chi connectivity index (χ4n) is 4.82. The van der Waals surface area contributed by atoms with E-state index >= 15 is 0 Å². The largest absolute Gasteiger partial charge is 0.466 e. The predicted molar refractivity (Wildman–Crippen MR) is 127 cm³/mol. The molecule has 3 aromatic rings. The van der Waals surface area contributed by atoms with E-state index < -0.39 is 0 Å². The van der Waals surface area contributed by atoms with Crippen LogP contribution in [0, 0.1) is 24.2 Å². The SMILES string of the molecule is CCOC(=O)C1CCN(c2nc(N)c3c(N)nc4c(c3c2C#N)CC(=O)N4c2cc(C)on2)CC1. The second kappa shape index (κ2) is 8.43. The van der Waals surface area contributed by atoms with Crippen molar-refractivity contribution in [1.29, 1.82) is 5.26 Å². The topological polar surface area (TPSA) is 177 Å². The molecule has 5 rings (SSSR count). The molecule has 35 heavy (non-hydrogen) atoms. The van der Waals surface area contributed by atoms with Crippen molar-refractivity contribution in [3.05, 3.63) is 23.0 Å². The van der Waals surface area contributed by atoms with Gasteiger partial charge in [-0.1, -0.05) is 5.16 Å². The second-order valence-electron chi connectivity index (χ2n) is 8.57. The molecule has 180 valence electrons. The van der Waals surface area contributed by atoms with Crippen molar-refractivity contribution in [3.8, 4) is 6.07 Å². The second-order valence-corrected chi connectivity index (χ2v) is 8.57. The Balaban J connectivity index is 1.62. The van der Waals surface area contributed by atoms with Crippen LogP contribution in [-0.4, -0.2) is 46.7 Å². The molecule has 0 bridgehead atoms. The average Bonchev–Trinajstić information content (AvgIpc) is 3.40. The molecule has 1 fully saturated rings. The first kappa shape index (κ1) is 22.4. The van der Waals surface area contributed by atoms with Crippen LogP contribution in [-0.2, 0) is 20.7 Å². The number of aromatic nitrogens is 3. The third-order valence-corrected chi connectivity index (χ3v) is 6.42. The molecule has 0 aliphatic carbocycles. The summed E-state index contributed by atoms with van der Waals surface area (Å²) in [7, 11) is 0. The first-order valence-electron chi connectivity index (χ1n) is 11.3. The quantitative estimate of drug-likeness (QED) is 0.526. The number of carbonyl (C=O) groups is 2. The summed E-state index contributed by atoms with van der Waals surface area (Å²) in [5.74, 6) is 1.02. The number of hydrogen-bond acceptors (Lipinski definition) is 11. The molecule has 0 atom stereocenters. The van der Waals surface area contributed by atoms with Crippen LogP contribution in [0.4, 0.5) is 29.1 Å². The number of amides is 1. The minimum absolute atomic E-state index is 0.00642.